The summed E-state index contributed by atoms with van der Waals surface area (Å²) in [7, 11) is -1.22. The highest BCUT2D eigenvalue weighted by Crippen LogP contribution is 2.35. The molecule has 108 valence electrons. The Morgan fingerprint density at radius 1 is 0.857 bits per heavy atom. The first-order valence-electron chi connectivity index (χ1n) is 6.37. The highest BCUT2D eigenvalue weighted by Gasteiger charge is 2.21. The Morgan fingerprint density at radius 2 is 1.52 bits per heavy atom. The molecule has 0 spiro atoms. The summed E-state index contributed by atoms with van der Waals surface area (Å²) in [4.78, 5) is 0.0373. The van der Waals surface area contributed by atoms with E-state index in [0.29, 0.717) is 5.75 Å². The quantitative estimate of drug-likeness (QED) is 0.550. The van der Waals surface area contributed by atoms with Crippen LogP contribution in [0.1, 0.15) is 0 Å². The molecule has 3 rings (SSSR count). The summed E-state index contributed by atoms with van der Waals surface area (Å²) in [5.74, 6) is 0.306. The molecule has 21 heavy (non-hydrogen) atoms. The van der Waals surface area contributed by atoms with Gasteiger partial charge in [-0.05, 0) is 34.4 Å². The molecule has 3 aromatic carbocycles. The van der Waals surface area contributed by atoms with Crippen molar-refractivity contribution in [2.75, 3.05) is 14.2 Å². The third-order valence-corrected chi connectivity index (χ3v) is 4.79. The Kier molecular flexibility index (Phi) is 3.31. The maximum atomic E-state index is 12.0. The van der Waals surface area contributed by atoms with E-state index in [1.54, 1.807) is 6.07 Å². The average molecular weight is 302 g/mol. The van der Waals surface area contributed by atoms with Gasteiger partial charge in [0.25, 0.3) is 10.1 Å². The van der Waals surface area contributed by atoms with Crippen LogP contribution in [0.2, 0.25) is 0 Å². The van der Waals surface area contributed by atoms with Crippen molar-refractivity contribution in [1.82, 2.24) is 0 Å². The van der Waals surface area contributed by atoms with Gasteiger partial charge in [-0.25, -0.2) is 0 Å². The van der Waals surface area contributed by atoms with Gasteiger partial charge in [0, 0.05) is 5.39 Å². The first kappa shape index (κ1) is 13.9. The van der Waals surface area contributed by atoms with Crippen molar-refractivity contribution in [1.29, 1.82) is 0 Å². The molecule has 0 aliphatic rings. The summed E-state index contributed by atoms with van der Waals surface area (Å²) in [6.45, 7) is 0. The number of rotatable bonds is 3. The van der Waals surface area contributed by atoms with Crippen molar-refractivity contribution >= 4 is 31.7 Å². The first-order chi connectivity index (χ1) is 10.1. The van der Waals surface area contributed by atoms with Crippen LogP contribution in [0.25, 0.3) is 21.5 Å². The first-order valence-corrected chi connectivity index (χ1v) is 7.78. The van der Waals surface area contributed by atoms with E-state index in [4.69, 9.17) is 4.74 Å². The fourth-order valence-corrected chi connectivity index (χ4v) is 3.30. The van der Waals surface area contributed by atoms with Gasteiger partial charge < -0.3 is 4.74 Å². The topological polar surface area (TPSA) is 52.6 Å². The van der Waals surface area contributed by atoms with Crippen molar-refractivity contribution < 1.29 is 17.3 Å². The number of fused-ring (bicyclic) bond motifs is 2. The zero-order chi connectivity index (χ0) is 15.0. The fourth-order valence-electron chi connectivity index (χ4n) is 2.46. The van der Waals surface area contributed by atoms with Gasteiger partial charge in [-0.3, -0.25) is 4.18 Å². The number of ether oxygens (including phenoxy) is 1. The number of benzene rings is 3. The van der Waals surface area contributed by atoms with Gasteiger partial charge in [-0.1, -0.05) is 30.3 Å². The highest BCUT2D eigenvalue weighted by molar-refractivity contribution is 7.86. The lowest BCUT2D eigenvalue weighted by atomic mass is 10.0. The van der Waals surface area contributed by atoms with Crippen LogP contribution in [0.3, 0.4) is 0 Å². The van der Waals surface area contributed by atoms with E-state index in [0.717, 1.165) is 28.7 Å². The van der Waals surface area contributed by atoms with E-state index in [1.165, 1.54) is 13.2 Å². The Bertz CT molecular complexity index is 930. The molecule has 4 nitrogen and oxygen atoms in total. The Hall–Kier alpha value is -2.11. The van der Waals surface area contributed by atoms with Crippen molar-refractivity contribution in [3.63, 3.8) is 0 Å². The van der Waals surface area contributed by atoms with E-state index >= 15 is 0 Å². The second kappa shape index (κ2) is 5.02. The number of hydrogen-bond acceptors (Lipinski definition) is 4. The van der Waals surface area contributed by atoms with Crippen LogP contribution in [0.4, 0.5) is 0 Å². The summed E-state index contributed by atoms with van der Waals surface area (Å²) in [5.41, 5.74) is 0. The molecule has 0 unspecified atom stereocenters. The molecule has 0 radical (unpaired) electrons. The molecule has 3 aromatic rings. The zero-order valence-corrected chi connectivity index (χ0v) is 12.5. The third-order valence-electron chi connectivity index (χ3n) is 3.49. The smallest absolute Gasteiger partial charge is 0.300 e. The minimum Gasteiger partial charge on any atom is -0.495 e. The summed E-state index contributed by atoms with van der Waals surface area (Å²) >= 11 is 0. The Balaban J connectivity index is 2.43. The Morgan fingerprint density at radius 3 is 2.14 bits per heavy atom. The molecule has 0 aliphatic carbocycles. The van der Waals surface area contributed by atoms with Crippen LogP contribution in [0, 0.1) is 0 Å². The van der Waals surface area contributed by atoms with Gasteiger partial charge >= 0.3 is 0 Å². The maximum Gasteiger partial charge on any atom is 0.300 e. The van der Waals surface area contributed by atoms with Crippen LogP contribution >= 0.6 is 0 Å². The average Bonchev–Trinajstić information content (AvgIpc) is 2.51. The Labute approximate surface area is 123 Å². The maximum absolute atomic E-state index is 12.0. The monoisotopic (exact) mass is 302 g/mol. The summed E-state index contributed by atoms with van der Waals surface area (Å²) in [6.07, 6.45) is 0. The van der Waals surface area contributed by atoms with Crippen LogP contribution in [-0.2, 0) is 14.3 Å². The van der Waals surface area contributed by atoms with Crippen molar-refractivity contribution in [2.24, 2.45) is 0 Å². The predicted octanol–water partition coefficient (Wildman–Crippen LogP) is 3.34. The molecule has 0 saturated heterocycles. The standard InChI is InChI=1S/C16H14O4S/c1-19-16-14-10-12-6-4-3-5-11(12)9-13(14)7-8-15(16)21(17,18)20-2/h3-10H,1-2H3. The molecular formula is C16H14O4S. The minimum absolute atomic E-state index is 0.0373. The van der Waals surface area contributed by atoms with E-state index < -0.39 is 10.1 Å². The molecule has 0 atom stereocenters. The zero-order valence-electron chi connectivity index (χ0n) is 11.7. The van der Waals surface area contributed by atoms with Crippen LogP contribution < -0.4 is 4.74 Å². The van der Waals surface area contributed by atoms with Crippen molar-refractivity contribution in [2.45, 2.75) is 4.90 Å². The summed E-state index contributed by atoms with van der Waals surface area (Å²) in [6, 6.07) is 15.1. The van der Waals surface area contributed by atoms with E-state index in [9.17, 15) is 8.42 Å². The third kappa shape index (κ3) is 2.24. The second-order valence-electron chi connectivity index (χ2n) is 4.64. The van der Waals surface area contributed by atoms with E-state index in [2.05, 4.69) is 4.18 Å². The lowest BCUT2D eigenvalue weighted by Gasteiger charge is -2.12. The minimum atomic E-state index is -3.81. The van der Waals surface area contributed by atoms with Gasteiger partial charge in [0.1, 0.15) is 10.6 Å². The van der Waals surface area contributed by atoms with Crippen LogP contribution in [0.15, 0.2) is 53.4 Å². The largest absolute Gasteiger partial charge is 0.495 e. The molecule has 5 heteroatoms. The predicted molar refractivity (Wildman–Crippen MR) is 82.2 cm³/mol. The van der Waals surface area contributed by atoms with Gasteiger partial charge in [0.2, 0.25) is 0 Å². The van der Waals surface area contributed by atoms with Gasteiger partial charge in [-0.15, -0.1) is 0 Å². The lowest BCUT2D eigenvalue weighted by molar-refractivity contribution is 0.380. The highest BCUT2D eigenvalue weighted by atomic mass is 32.2. The number of methoxy groups -OCH3 is 1. The molecule has 0 N–H and O–H groups in total. The number of hydrogen-bond donors (Lipinski definition) is 0. The van der Waals surface area contributed by atoms with Gasteiger partial charge in [-0.2, -0.15) is 8.42 Å². The molecule has 0 heterocycles. The molecular weight excluding hydrogens is 288 g/mol. The molecule has 0 amide bonds. The second-order valence-corrected chi connectivity index (χ2v) is 6.32. The molecule has 0 aliphatic heterocycles. The van der Waals surface area contributed by atoms with Gasteiger partial charge in [0.05, 0.1) is 14.2 Å². The van der Waals surface area contributed by atoms with E-state index in [1.807, 2.05) is 36.4 Å². The van der Waals surface area contributed by atoms with Crippen LogP contribution in [-0.4, -0.2) is 22.6 Å². The van der Waals surface area contributed by atoms with E-state index in [-0.39, 0.29) is 4.90 Å². The summed E-state index contributed by atoms with van der Waals surface area (Å²) < 4.78 is 33.9. The van der Waals surface area contributed by atoms with Crippen LogP contribution in [0.5, 0.6) is 5.75 Å². The van der Waals surface area contributed by atoms with Crippen molar-refractivity contribution in [3.05, 3.63) is 48.5 Å². The fraction of sp³-hybridized carbons (Fsp3) is 0.125. The molecule has 0 bridgehead atoms. The molecule has 0 aromatic heterocycles. The lowest BCUT2D eigenvalue weighted by Crippen LogP contribution is -2.05. The molecule has 0 fully saturated rings. The SMILES string of the molecule is COc1c(S(=O)(=O)OC)ccc2cc3ccccc3cc12. The van der Waals surface area contributed by atoms with Gasteiger partial charge in [0.15, 0.2) is 0 Å². The van der Waals surface area contributed by atoms with Crippen molar-refractivity contribution in [3.8, 4) is 5.75 Å². The normalized spacial score (nSPS) is 11.9. The molecule has 0 saturated carbocycles. The summed E-state index contributed by atoms with van der Waals surface area (Å²) in [5, 5.41) is 3.78.